The summed E-state index contributed by atoms with van der Waals surface area (Å²) in [4.78, 5) is 14.1. The van der Waals surface area contributed by atoms with Gasteiger partial charge in [-0.2, -0.15) is 5.10 Å². The van der Waals surface area contributed by atoms with Gasteiger partial charge in [-0.25, -0.2) is 4.68 Å². The molecule has 106 valence electrons. The van der Waals surface area contributed by atoms with Crippen LogP contribution in [0.25, 0.3) is 0 Å². The van der Waals surface area contributed by atoms with Crippen molar-refractivity contribution in [2.24, 2.45) is 5.73 Å². The number of aromatic nitrogens is 2. The number of aliphatic hydroxyl groups is 1. The molecule has 1 fully saturated rings. The van der Waals surface area contributed by atoms with Crippen LogP contribution in [0, 0.1) is 0 Å². The van der Waals surface area contributed by atoms with Gasteiger partial charge in [0, 0.05) is 19.1 Å². The third-order valence-electron chi connectivity index (χ3n) is 3.49. The molecule has 1 aromatic heterocycles. The van der Waals surface area contributed by atoms with Crippen LogP contribution in [0.5, 0.6) is 0 Å². The molecule has 2 heterocycles. The van der Waals surface area contributed by atoms with E-state index in [1.807, 2.05) is 0 Å². The van der Waals surface area contributed by atoms with Gasteiger partial charge in [-0.3, -0.25) is 4.79 Å². The van der Waals surface area contributed by atoms with Crippen molar-refractivity contribution in [3.8, 4) is 0 Å². The number of hydrogen-bond donors (Lipinski definition) is 2. The smallest absolute Gasteiger partial charge is 0.287 e. The van der Waals surface area contributed by atoms with Gasteiger partial charge in [0.2, 0.25) is 0 Å². The summed E-state index contributed by atoms with van der Waals surface area (Å²) in [6.45, 7) is 1.39. The van der Waals surface area contributed by atoms with Gasteiger partial charge < -0.3 is 15.7 Å². The highest BCUT2D eigenvalue weighted by atomic mass is 35.5. The third-order valence-corrected chi connectivity index (χ3v) is 3.84. The van der Waals surface area contributed by atoms with E-state index in [1.54, 1.807) is 6.20 Å². The lowest BCUT2D eigenvalue weighted by Crippen LogP contribution is -2.45. The van der Waals surface area contributed by atoms with Crippen LogP contribution >= 0.6 is 11.6 Å². The van der Waals surface area contributed by atoms with Crippen molar-refractivity contribution < 1.29 is 5.11 Å². The molecule has 0 aromatic carbocycles. The molecule has 0 saturated carbocycles. The lowest BCUT2D eigenvalue weighted by molar-refractivity contribution is 0.266. The summed E-state index contributed by atoms with van der Waals surface area (Å²) in [5, 5.41) is 13.1. The zero-order valence-corrected chi connectivity index (χ0v) is 11.5. The zero-order chi connectivity index (χ0) is 13.8. The highest BCUT2D eigenvalue weighted by molar-refractivity contribution is 6.33. The predicted octanol–water partition coefficient (Wildman–Crippen LogP) is 0.207. The normalized spacial score (nSPS) is 19.7. The Morgan fingerprint density at radius 3 is 3.00 bits per heavy atom. The van der Waals surface area contributed by atoms with E-state index in [9.17, 15) is 4.79 Å². The molecule has 1 saturated heterocycles. The topological polar surface area (TPSA) is 84.4 Å². The Morgan fingerprint density at radius 2 is 2.32 bits per heavy atom. The minimum atomic E-state index is -0.366. The molecule has 3 N–H and O–H groups in total. The van der Waals surface area contributed by atoms with Crippen LogP contribution in [0.15, 0.2) is 11.0 Å². The molecule has 0 radical (unpaired) electrons. The molecular weight excluding hydrogens is 268 g/mol. The van der Waals surface area contributed by atoms with Crippen molar-refractivity contribution >= 4 is 17.3 Å². The standard InChI is InChI=1S/C12H19ClN4O2/c13-11-10(8-15-17(5-6-18)12(11)19)16-4-2-1-3-9(16)7-14/h8-9,18H,1-7,14H2. The Morgan fingerprint density at radius 1 is 1.53 bits per heavy atom. The second kappa shape index (κ2) is 6.36. The van der Waals surface area contributed by atoms with Crippen LogP contribution in [0.1, 0.15) is 19.3 Å². The number of nitrogens with zero attached hydrogens (tertiary/aromatic N) is 3. The zero-order valence-electron chi connectivity index (χ0n) is 10.8. The largest absolute Gasteiger partial charge is 0.394 e. The van der Waals surface area contributed by atoms with Crippen molar-refractivity contribution in [3.05, 3.63) is 21.6 Å². The summed E-state index contributed by atoms with van der Waals surface area (Å²) >= 11 is 6.15. The minimum Gasteiger partial charge on any atom is -0.394 e. The molecule has 6 nitrogen and oxygen atoms in total. The predicted molar refractivity (Wildman–Crippen MR) is 74.6 cm³/mol. The Kier molecular flexibility index (Phi) is 4.79. The van der Waals surface area contributed by atoms with Crippen molar-refractivity contribution in [2.45, 2.75) is 31.8 Å². The van der Waals surface area contributed by atoms with Crippen LogP contribution < -0.4 is 16.2 Å². The van der Waals surface area contributed by atoms with Crippen LogP contribution in [0.4, 0.5) is 5.69 Å². The SMILES string of the molecule is NCC1CCCCN1c1cnn(CCO)c(=O)c1Cl. The summed E-state index contributed by atoms with van der Waals surface area (Å²) in [6, 6.07) is 0.209. The molecule has 19 heavy (non-hydrogen) atoms. The number of aliphatic hydroxyl groups excluding tert-OH is 1. The van der Waals surface area contributed by atoms with Gasteiger partial charge in [-0.15, -0.1) is 0 Å². The molecule has 7 heteroatoms. The van der Waals surface area contributed by atoms with Gasteiger partial charge >= 0.3 is 0 Å². The fourth-order valence-corrected chi connectivity index (χ4v) is 2.73. The summed E-state index contributed by atoms with van der Waals surface area (Å²) in [5.74, 6) is 0. The summed E-state index contributed by atoms with van der Waals surface area (Å²) in [6.07, 6.45) is 4.80. The van der Waals surface area contributed by atoms with Crippen LogP contribution in [-0.4, -0.2) is 40.6 Å². The lowest BCUT2D eigenvalue weighted by Gasteiger charge is -2.37. The first-order valence-corrected chi connectivity index (χ1v) is 6.90. The fraction of sp³-hybridized carbons (Fsp3) is 0.667. The second-order valence-electron chi connectivity index (χ2n) is 4.67. The van der Waals surface area contributed by atoms with Gasteiger partial charge in [-0.05, 0) is 19.3 Å². The molecule has 0 spiro atoms. The van der Waals surface area contributed by atoms with E-state index in [0.29, 0.717) is 12.2 Å². The summed E-state index contributed by atoms with van der Waals surface area (Å²) in [5.41, 5.74) is 6.06. The van der Waals surface area contributed by atoms with Gasteiger partial charge in [0.15, 0.2) is 0 Å². The lowest BCUT2D eigenvalue weighted by atomic mass is 10.0. The first-order valence-electron chi connectivity index (χ1n) is 6.52. The van der Waals surface area contributed by atoms with E-state index in [1.165, 1.54) is 4.68 Å². The van der Waals surface area contributed by atoms with Gasteiger partial charge in [0.1, 0.15) is 5.02 Å². The van der Waals surface area contributed by atoms with Crippen LogP contribution in [-0.2, 0) is 6.54 Å². The van der Waals surface area contributed by atoms with Crippen molar-refractivity contribution in [1.82, 2.24) is 9.78 Å². The molecule has 1 aliphatic heterocycles. The quantitative estimate of drug-likeness (QED) is 0.826. The maximum absolute atomic E-state index is 12.0. The van der Waals surface area contributed by atoms with E-state index >= 15 is 0 Å². The Bertz CT molecular complexity index is 491. The van der Waals surface area contributed by atoms with Crippen molar-refractivity contribution in [3.63, 3.8) is 0 Å². The first-order chi connectivity index (χ1) is 9.19. The average Bonchev–Trinajstić information content (AvgIpc) is 2.44. The minimum absolute atomic E-state index is 0.141. The molecule has 1 aliphatic rings. The van der Waals surface area contributed by atoms with E-state index in [4.69, 9.17) is 22.4 Å². The number of rotatable bonds is 4. The highest BCUT2D eigenvalue weighted by Crippen LogP contribution is 2.27. The Labute approximate surface area is 116 Å². The molecule has 0 amide bonds. The van der Waals surface area contributed by atoms with Crippen LogP contribution in [0.2, 0.25) is 5.02 Å². The Hall–Kier alpha value is -1.11. The van der Waals surface area contributed by atoms with Crippen molar-refractivity contribution in [2.75, 3.05) is 24.6 Å². The fourth-order valence-electron chi connectivity index (χ4n) is 2.47. The van der Waals surface area contributed by atoms with Crippen molar-refractivity contribution in [1.29, 1.82) is 0 Å². The molecule has 0 aliphatic carbocycles. The monoisotopic (exact) mass is 286 g/mol. The second-order valence-corrected chi connectivity index (χ2v) is 5.05. The molecule has 1 unspecified atom stereocenters. The summed E-state index contributed by atoms with van der Waals surface area (Å²) in [7, 11) is 0. The molecule has 0 bridgehead atoms. The van der Waals surface area contributed by atoms with E-state index in [0.717, 1.165) is 25.8 Å². The van der Waals surface area contributed by atoms with Gasteiger partial charge in [0.05, 0.1) is 25.0 Å². The maximum atomic E-state index is 12.0. The number of halogens is 1. The summed E-state index contributed by atoms with van der Waals surface area (Å²) < 4.78 is 1.17. The van der Waals surface area contributed by atoms with E-state index in [2.05, 4.69) is 10.00 Å². The van der Waals surface area contributed by atoms with E-state index < -0.39 is 0 Å². The number of hydrogen-bond acceptors (Lipinski definition) is 5. The first kappa shape index (κ1) is 14.3. The van der Waals surface area contributed by atoms with Gasteiger partial charge in [-0.1, -0.05) is 11.6 Å². The molecular formula is C12H19ClN4O2. The highest BCUT2D eigenvalue weighted by Gasteiger charge is 2.24. The number of piperidine rings is 1. The molecule has 1 atom stereocenters. The number of nitrogens with two attached hydrogens (primary N) is 1. The number of anilines is 1. The molecule has 2 rings (SSSR count). The van der Waals surface area contributed by atoms with E-state index in [-0.39, 0.29) is 29.8 Å². The Balaban J connectivity index is 2.34. The molecule has 1 aromatic rings. The van der Waals surface area contributed by atoms with Gasteiger partial charge in [0.25, 0.3) is 5.56 Å². The maximum Gasteiger partial charge on any atom is 0.287 e. The average molecular weight is 287 g/mol. The van der Waals surface area contributed by atoms with Crippen LogP contribution in [0.3, 0.4) is 0 Å². The third kappa shape index (κ3) is 2.91.